The molecular formula is C20H23F2N3O5S. The summed E-state index contributed by atoms with van der Waals surface area (Å²) in [7, 11) is -2.06. The molecular weight excluding hydrogens is 432 g/mol. The van der Waals surface area contributed by atoms with E-state index in [0.717, 1.165) is 17.9 Å². The summed E-state index contributed by atoms with van der Waals surface area (Å²) < 4.78 is 61.1. The number of carbonyl (C=O) groups excluding carboxylic acids is 1. The zero-order valence-electron chi connectivity index (χ0n) is 17.4. The first-order chi connectivity index (χ1) is 14.4. The standard InChI is InChI=1S/C20H23F2N3O5S/c1-13(29-3)16(10-11-31(4,27)28)24-17(26)15-12-23-19(20(2,21)22)25-18(15)30-14-8-6-5-7-9-14/h5-13,16H,1-4H3,(H,24,26)/b11-10+/t13-,16?/m0/s1. The normalized spacial score (nSPS) is 14.3. The van der Waals surface area contributed by atoms with E-state index in [4.69, 9.17) is 9.47 Å². The molecule has 1 aromatic carbocycles. The van der Waals surface area contributed by atoms with E-state index >= 15 is 0 Å². The van der Waals surface area contributed by atoms with Gasteiger partial charge in [-0.05, 0) is 25.1 Å². The molecule has 1 unspecified atom stereocenters. The highest BCUT2D eigenvalue weighted by molar-refractivity contribution is 7.93. The van der Waals surface area contributed by atoms with E-state index in [1.54, 1.807) is 37.3 Å². The van der Waals surface area contributed by atoms with Gasteiger partial charge in [0.1, 0.15) is 11.3 Å². The molecule has 1 aromatic heterocycles. The molecule has 1 N–H and O–H groups in total. The van der Waals surface area contributed by atoms with Crippen LogP contribution in [0.4, 0.5) is 8.78 Å². The molecule has 0 bridgehead atoms. The highest BCUT2D eigenvalue weighted by atomic mass is 32.2. The lowest BCUT2D eigenvalue weighted by Crippen LogP contribution is -2.42. The number of aromatic nitrogens is 2. The summed E-state index contributed by atoms with van der Waals surface area (Å²) >= 11 is 0. The maximum atomic E-state index is 13.7. The van der Waals surface area contributed by atoms with Gasteiger partial charge in [0, 0.05) is 31.9 Å². The molecule has 0 fully saturated rings. The SMILES string of the molecule is CO[C@@H](C)C(/C=C/S(C)(=O)=O)NC(=O)c1cnc(C(C)(F)F)nc1Oc1ccccc1. The molecule has 0 spiro atoms. The number of nitrogens with one attached hydrogen (secondary N) is 1. The smallest absolute Gasteiger partial charge is 0.303 e. The Morgan fingerprint density at radius 2 is 1.90 bits per heavy atom. The highest BCUT2D eigenvalue weighted by Gasteiger charge is 2.31. The topological polar surface area (TPSA) is 107 Å². The number of hydrogen-bond acceptors (Lipinski definition) is 7. The van der Waals surface area contributed by atoms with Gasteiger partial charge in [-0.2, -0.15) is 13.8 Å². The Kier molecular flexibility index (Phi) is 7.80. The lowest BCUT2D eigenvalue weighted by atomic mass is 10.1. The van der Waals surface area contributed by atoms with Crippen molar-refractivity contribution >= 4 is 15.7 Å². The van der Waals surface area contributed by atoms with Crippen LogP contribution in [0.1, 0.15) is 30.0 Å². The molecule has 0 aliphatic heterocycles. The summed E-state index contributed by atoms with van der Waals surface area (Å²) in [6.07, 6.45) is 2.60. The average Bonchev–Trinajstić information content (AvgIpc) is 2.69. The third-order valence-electron chi connectivity index (χ3n) is 4.06. The number of methoxy groups -OCH3 is 1. The van der Waals surface area contributed by atoms with Gasteiger partial charge in [0.15, 0.2) is 9.84 Å². The van der Waals surface area contributed by atoms with Crippen molar-refractivity contribution in [2.45, 2.75) is 31.9 Å². The molecule has 8 nitrogen and oxygen atoms in total. The van der Waals surface area contributed by atoms with Crippen molar-refractivity contribution in [2.75, 3.05) is 13.4 Å². The summed E-state index contributed by atoms with van der Waals surface area (Å²) in [6.45, 7) is 2.25. The fourth-order valence-electron chi connectivity index (χ4n) is 2.34. The number of carbonyl (C=O) groups is 1. The molecule has 2 rings (SSSR count). The Morgan fingerprint density at radius 3 is 2.45 bits per heavy atom. The second-order valence-corrected chi connectivity index (χ2v) is 8.75. The number of rotatable bonds is 9. The van der Waals surface area contributed by atoms with Crippen LogP contribution in [0.15, 0.2) is 48.0 Å². The molecule has 1 amide bonds. The molecule has 168 valence electrons. The summed E-state index contributed by atoms with van der Waals surface area (Å²) in [4.78, 5) is 20.2. The molecule has 0 radical (unpaired) electrons. The van der Waals surface area contributed by atoms with Crippen molar-refractivity contribution in [3.8, 4) is 11.6 Å². The summed E-state index contributed by atoms with van der Waals surface area (Å²) in [5, 5.41) is 3.51. The lowest BCUT2D eigenvalue weighted by molar-refractivity contribution is 0.00707. The molecule has 2 aromatic rings. The van der Waals surface area contributed by atoms with Gasteiger partial charge in [0.25, 0.3) is 5.91 Å². The molecule has 1 heterocycles. The van der Waals surface area contributed by atoms with Crippen molar-refractivity contribution in [1.29, 1.82) is 0 Å². The van der Waals surface area contributed by atoms with Crippen LogP contribution >= 0.6 is 0 Å². The number of hydrogen-bond donors (Lipinski definition) is 1. The van der Waals surface area contributed by atoms with E-state index in [9.17, 15) is 22.0 Å². The monoisotopic (exact) mass is 455 g/mol. The van der Waals surface area contributed by atoms with Gasteiger partial charge in [-0.15, -0.1) is 0 Å². The molecule has 11 heteroatoms. The van der Waals surface area contributed by atoms with E-state index < -0.39 is 39.6 Å². The van der Waals surface area contributed by atoms with Crippen LogP contribution < -0.4 is 10.1 Å². The maximum Gasteiger partial charge on any atom is 0.303 e. The first kappa shape index (κ1) is 24.4. The number of para-hydroxylation sites is 1. The van der Waals surface area contributed by atoms with Crippen molar-refractivity contribution in [2.24, 2.45) is 0 Å². The van der Waals surface area contributed by atoms with Crippen LogP contribution in [0.2, 0.25) is 0 Å². The fourth-order valence-corrected chi connectivity index (χ4v) is 2.79. The Bertz CT molecular complexity index is 1040. The molecule has 0 saturated heterocycles. The number of nitrogens with zero attached hydrogens (tertiary/aromatic N) is 2. The number of benzene rings is 1. The summed E-state index contributed by atoms with van der Waals surface area (Å²) in [5.74, 6) is -5.02. The van der Waals surface area contributed by atoms with Crippen molar-refractivity contribution in [3.63, 3.8) is 0 Å². The van der Waals surface area contributed by atoms with Crippen LogP contribution in [0.5, 0.6) is 11.6 Å². The zero-order chi connectivity index (χ0) is 23.2. The number of halogens is 2. The first-order valence-corrected chi connectivity index (χ1v) is 11.1. The minimum Gasteiger partial charge on any atom is -0.438 e. The Labute approximate surface area is 179 Å². The fraction of sp³-hybridized carbons (Fsp3) is 0.350. The largest absolute Gasteiger partial charge is 0.438 e. The highest BCUT2D eigenvalue weighted by Crippen LogP contribution is 2.29. The van der Waals surface area contributed by atoms with Crippen molar-refractivity contribution in [3.05, 3.63) is 59.4 Å². The molecule has 31 heavy (non-hydrogen) atoms. The number of sulfone groups is 1. The number of alkyl halides is 2. The predicted octanol–water partition coefficient (Wildman–Crippen LogP) is 3.07. The summed E-state index contributed by atoms with van der Waals surface area (Å²) in [5.41, 5.74) is -0.210. The quantitative estimate of drug-likeness (QED) is 0.619. The average molecular weight is 455 g/mol. The van der Waals surface area contributed by atoms with Crippen LogP contribution in [-0.4, -0.2) is 49.8 Å². The maximum absolute atomic E-state index is 13.7. The predicted molar refractivity (Wildman–Crippen MR) is 110 cm³/mol. The molecule has 0 aliphatic rings. The molecule has 0 aliphatic carbocycles. The second kappa shape index (κ2) is 9.92. The minimum absolute atomic E-state index is 0.210. The van der Waals surface area contributed by atoms with Crippen molar-refractivity contribution < 1.29 is 31.5 Å². The number of ether oxygens (including phenoxy) is 2. The van der Waals surface area contributed by atoms with Gasteiger partial charge in [-0.1, -0.05) is 18.2 Å². The first-order valence-electron chi connectivity index (χ1n) is 9.11. The van der Waals surface area contributed by atoms with Crippen LogP contribution in [0, 0.1) is 0 Å². The van der Waals surface area contributed by atoms with Crippen LogP contribution in [-0.2, 0) is 20.5 Å². The van der Waals surface area contributed by atoms with E-state index in [-0.39, 0.29) is 17.2 Å². The minimum atomic E-state index is -3.45. The van der Waals surface area contributed by atoms with Crippen molar-refractivity contribution in [1.82, 2.24) is 15.3 Å². The molecule has 2 atom stereocenters. The van der Waals surface area contributed by atoms with E-state index in [1.807, 2.05) is 0 Å². The molecule has 0 saturated carbocycles. The van der Waals surface area contributed by atoms with Crippen LogP contribution in [0.25, 0.3) is 0 Å². The van der Waals surface area contributed by atoms with Gasteiger partial charge in [0.2, 0.25) is 11.7 Å². The summed E-state index contributed by atoms with van der Waals surface area (Å²) in [6, 6.07) is 7.35. The van der Waals surface area contributed by atoms with Gasteiger partial charge in [-0.3, -0.25) is 4.79 Å². The van der Waals surface area contributed by atoms with Gasteiger partial charge in [0.05, 0.1) is 12.1 Å². The lowest BCUT2D eigenvalue weighted by Gasteiger charge is -2.21. The van der Waals surface area contributed by atoms with E-state index in [2.05, 4.69) is 15.3 Å². The van der Waals surface area contributed by atoms with Gasteiger partial charge >= 0.3 is 5.92 Å². The van der Waals surface area contributed by atoms with E-state index in [1.165, 1.54) is 13.2 Å². The second-order valence-electron chi connectivity index (χ2n) is 6.81. The van der Waals surface area contributed by atoms with Crippen LogP contribution in [0.3, 0.4) is 0 Å². The Morgan fingerprint density at radius 1 is 1.26 bits per heavy atom. The Hall–Kier alpha value is -2.92. The third-order valence-corrected chi connectivity index (χ3v) is 4.71. The Balaban J connectivity index is 2.41. The third kappa shape index (κ3) is 7.37. The van der Waals surface area contributed by atoms with E-state index in [0.29, 0.717) is 6.92 Å². The van der Waals surface area contributed by atoms with Gasteiger partial charge in [-0.25, -0.2) is 13.4 Å². The number of amides is 1. The van der Waals surface area contributed by atoms with Gasteiger partial charge < -0.3 is 14.8 Å². The zero-order valence-corrected chi connectivity index (χ0v) is 18.2.